The summed E-state index contributed by atoms with van der Waals surface area (Å²) < 4.78 is 1.99. The van der Waals surface area contributed by atoms with Crippen LogP contribution < -0.4 is 5.32 Å². The highest BCUT2D eigenvalue weighted by Gasteiger charge is 2.19. The minimum absolute atomic E-state index is 0.537. The first-order valence-corrected chi connectivity index (χ1v) is 6.27. The van der Waals surface area contributed by atoms with Gasteiger partial charge < -0.3 is 5.32 Å². The molecule has 1 aromatic rings. The van der Waals surface area contributed by atoms with Crippen LogP contribution in [0.5, 0.6) is 0 Å². The van der Waals surface area contributed by atoms with Crippen molar-refractivity contribution < 1.29 is 0 Å². The number of likely N-dealkylation sites (N-methyl/N-ethyl adjacent to an activating group) is 1. The number of rotatable bonds is 6. The van der Waals surface area contributed by atoms with E-state index >= 15 is 0 Å². The lowest BCUT2D eigenvalue weighted by molar-refractivity contribution is 0.310. The molecule has 2 atom stereocenters. The third-order valence-electron chi connectivity index (χ3n) is 3.52. The molecular formula is C13H25N3. The highest BCUT2D eigenvalue weighted by molar-refractivity contribution is 5.06. The summed E-state index contributed by atoms with van der Waals surface area (Å²) in [5, 5.41) is 7.74. The Balaban J connectivity index is 2.62. The van der Waals surface area contributed by atoms with E-state index in [2.05, 4.69) is 44.3 Å². The summed E-state index contributed by atoms with van der Waals surface area (Å²) in [7, 11) is 2.05. The molecule has 0 aliphatic rings. The molecule has 3 nitrogen and oxygen atoms in total. The predicted octanol–water partition coefficient (Wildman–Crippen LogP) is 2.33. The Morgan fingerprint density at radius 2 is 2.06 bits per heavy atom. The lowest BCUT2D eigenvalue weighted by Crippen LogP contribution is -2.36. The van der Waals surface area contributed by atoms with Gasteiger partial charge in [-0.2, -0.15) is 5.10 Å². The van der Waals surface area contributed by atoms with E-state index < -0.39 is 0 Å². The summed E-state index contributed by atoms with van der Waals surface area (Å²) in [6, 6.07) is 0.537. The molecule has 0 spiro atoms. The van der Waals surface area contributed by atoms with Gasteiger partial charge in [-0.25, -0.2) is 0 Å². The summed E-state index contributed by atoms with van der Waals surface area (Å²) >= 11 is 0. The van der Waals surface area contributed by atoms with Gasteiger partial charge in [-0.15, -0.1) is 0 Å². The Kier molecular flexibility index (Phi) is 5.00. The summed E-state index contributed by atoms with van der Waals surface area (Å²) in [6.45, 7) is 9.94. The van der Waals surface area contributed by atoms with Gasteiger partial charge in [0.1, 0.15) is 0 Å². The zero-order valence-corrected chi connectivity index (χ0v) is 11.2. The Morgan fingerprint density at radius 1 is 1.38 bits per heavy atom. The van der Waals surface area contributed by atoms with Gasteiger partial charge >= 0.3 is 0 Å². The molecule has 0 saturated carbocycles. The van der Waals surface area contributed by atoms with Crippen LogP contribution in [0.2, 0.25) is 0 Å². The van der Waals surface area contributed by atoms with Gasteiger partial charge in [0.2, 0.25) is 0 Å². The molecule has 0 bridgehead atoms. The van der Waals surface area contributed by atoms with Crippen LogP contribution in [0.1, 0.15) is 33.3 Å². The van der Waals surface area contributed by atoms with Gasteiger partial charge in [0.05, 0.1) is 6.20 Å². The Hall–Kier alpha value is -0.830. The van der Waals surface area contributed by atoms with Gasteiger partial charge in [0.15, 0.2) is 0 Å². The van der Waals surface area contributed by atoms with Crippen LogP contribution in [-0.4, -0.2) is 22.9 Å². The van der Waals surface area contributed by atoms with Gasteiger partial charge in [-0.1, -0.05) is 20.8 Å². The van der Waals surface area contributed by atoms with E-state index in [9.17, 15) is 0 Å². The predicted molar refractivity (Wildman–Crippen MR) is 68.5 cm³/mol. The molecule has 1 rings (SSSR count). The van der Waals surface area contributed by atoms with Crippen molar-refractivity contribution in [3.63, 3.8) is 0 Å². The van der Waals surface area contributed by atoms with Gasteiger partial charge in [-0.3, -0.25) is 4.68 Å². The third kappa shape index (κ3) is 3.34. The highest BCUT2D eigenvalue weighted by atomic mass is 15.3. The first-order chi connectivity index (χ1) is 7.58. The number of hydrogen-bond donors (Lipinski definition) is 1. The molecule has 1 heterocycles. The summed E-state index contributed by atoms with van der Waals surface area (Å²) in [5.41, 5.74) is 1.33. The monoisotopic (exact) mass is 223 g/mol. The average Bonchev–Trinajstić information content (AvgIpc) is 2.72. The average molecular weight is 223 g/mol. The highest BCUT2D eigenvalue weighted by Crippen LogP contribution is 2.17. The second-order valence-electron chi connectivity index (χ2n) is 4.91. The first kappa shape index (κ1) is 13.2. The summed E-state index contributed by atoms with van der Waals surface area (Å²) in [4.78, 5) is 0. The molecule has 16 heavy (non-hydrogen) atoms. The normalized spacial score (nSPS) is 15.4. The van der Waals surface area contributed by atoms with Gasteiger partial charge in [0, 0.05) is 18.8 Å². The minimum Gasteiger partial charge on any atom is -0.316 e. The van der Waals surface area contributed by atoms with Crippen LogP contribution in [0.4, 0.5) is 0 Å². The third-order valence-corrected chi connectivity index (χ3v) is 3.52. The Morgan fingerprint density at radius 3 is 2.50 bits per heavy atom. The molecule has 1 N–H and O–H groups in total. The van der Waals surface area contributed by atoms with Crippen LogP contribution in [0.15, 0.2) is 12.4 Å². The molecule has 0 fully saturated rings. The molecular weight excluding hydrogens is 198 g/mol. The fourth-order valence-corrected chi connectivity index (χ4v) is 1.95. The molecule has 1 aromatic heterocycles. The lowest BCUT2D eigenvalue weighted by atomic mass is 9.87. The zero-order valence-electron chi connectivity index (χ0n) is 11.2. The Bertz CT molecular complexity index is 304. The second-order valence-corrected chi connectivity index (χ2v) is 4.91. The maximum Gasteiger partial charge on any atom is 0.0522 e. The molecule has 0 aliphatic carbocycles. The fraction of sp³-hybridized carbons (Fsp3) is 0.769. The molecule has 0 saturated heterocycles. The summed E-state index contributed by atoms with van der Waals surface area (Å²) in [6.07, 6.45) is 5.20. The molecule has 2 unspecified atom stereocenters. The quantitative estimate of drug-likeness (QED) is 0.802. The second kappa shape index (κ2) is 6.04. The molecule has 0 radical (unpaired) electrons. The van der Waals surface area contributed by atoms with Crippen molar-refractivity contribution in [2.75, 3.05) is 7.05 Å². The van der Waals surface area contributed by atoms with E-state index in [0.29, 0.717) is 17.9 Å². The fourth-order valence-electron chi connectivity index (χ4n) is 1.95. The number of hydrogen-bond acceptors (Lipinski definition) is 2. The molecule has 0 aromatic carbocycles. The van der Waals surface area contributed by atoms with Crippen LogP contribution in [0.25, 0.3) is 0 Å². The smallest absolute Gasteiger partial charge is 0.0522 e. The van der Waals surface area contributed by atoms with E-state index in [4.69, 9.17) is 0 Å². The van der Waals surface area contributed by atoms with Crippen molar-refractivity contribution in [1.82, 2.24) is 15.1 Å². The van der Waals surface area contributed by atoms with E-state index in [1.165, 1.54) is 5.56 Å². The molecule has 0 aliphatic heterocycles. The SMILES string of the molecule is CCn1cc(CC(NC)C(C)C(C)C)cn1. The maximum atomic E-state index is 4.32. The molecule has 92 valence electrons. The van der Waals surface area contributed by atoms with Crippen LogP contribution in [0, 0.1) is 11.8 Å². The van der Waals surface area contributed by atoms with Crippen LogP contribution in [0.3, 0.4) is 0 Å². The maximum absolute atomic E-state index is 4.32. The lowest BCUT2D eigenvalue weighted by Gasteiger charge is -2.26. The van der Waals surface area contributed by atoms with Gasteiger partial charge in [0.25, 0.3) is 0 Å². The number of aromatic nitrogens is 2. The van der Waals surface area contributed by atoms with Crippen molar-refractivity contribution >= 4 is 0 Å². The van der Waals surface area contributed by atoms with Crippen molar-refractivity contribution in [3.05, 3.63) is 18.0 Å². The standard InChI is InChI=1S/C13H25N3/c1-6-16-9-12(8-15-16)7-13(14-5)11(4)10(2)3/h8-11,13-14H,6-7H2,1-5H3. The van der Waals surface area contributed by atoms with E-state index in [-0.39, 0.29) is 0 Å². The van der Waals surface area contributed by atoms with Crippen molar-refractivity contribution in [3.8, 4) is 0 Å². The van der Waals surface area contributed by atoms with Crippen LogP contribution in [-0.2, 0) is 13.0 Å². The van der Waals surface area contributed by atoms with Crippen molar-refractivity contribution in [1.29, 1.82) is 0 Å². The Labute approximate surface area is 99.2 Å². The van der Waals surface area contributed by atoms with E-state index in [0.717, 1.165) is 13.0 Å². The van der Waals surface area contributed by atoms with Crippen molar-refractivity contribution in [2.45, 2.75) is 46.7 Å². The van der Waals surface area contributed by atoms with E-state index in [1.54, 1.807) is 0 Å². The van der Waals surface area contributed by atoms with Crippen molar-refractivity contribution in [2.24, 2.45) is 11.8 Å². The topological polar surface area (TPSA) is 29.9 Å². The molecule has 0 amide bonds. The molecule has 3 heteroatoms. The number of nitrogens with one attached hydrogen (secondary N) is 1. The first-order valence-electron chi connectivity index (χ1n) is 6.27. The van der Waals surface area contributed by atoms with Gasteiger partial charge in [-0.05, 0) is 37.8 Å². The van der Waals surface area contributed by atoms with Crippen LogP contribution >= 0.6 is 0 Å². The minimum atomic E-state index is 0.537. The zero-order chi connectivity index (χ0) is 12.1. The number of aryl methyl sites for hydroxylation is 1. The largest absolute Gasteiger partial charge is 0.316 e. The number of nitrogens with zero attached hydrogens (tertiary/aromatic N) is 2. The van der Waals surface area contributed by atoms with E-state index in [1.807, 2.05) is 17.9 Å². The summed E-state index contributed by atoms with van der Waals surface area (Å²) in [5.74, 6) is 1.38.